The number of thiol groups is 2. The predicted molar refractivity (Wildman–Crippen MR) is 220 cm³/mol. The van der Waals surface area contributed by atoms with E-state index in [4.69, 9.17) is 0 Å². The minimum Gasteiger partial charge on any atom is -0.194 e. The van der Waals surface area contributed by atoms with E-state index in [2.05, 4.69) is 25.3 Å². The van der Waals surface area contributed by atoms with Crippen LogP contribution in [0.25, 0.3) is 30.7 Å². The van der Waals surface area contributed by atoms with Gasteiger partial charge in [0.25, 0.3) is 0 Å². The number of hydrogen-bond acceptors (Lipinski definition) is 6. The van der Waals surface area contributed by atoms with E-state index >= 15 is 26.3 Å². The Hall–Kier alpha value is -3.00. The molecule has 1 fully saturated rings. The van der Waals surface area contributed by atoms with E-state index in [1.54, 1.807) is 20.8 Å². The van der Waals surface area contributed by atoms with Crippen LogP contribution in [0.5, 0.6) is 0 Å². The van der Waals surface area contributed by atoms with Gasteiger partial charge < -0.3 is 0 Å². The van der Waals surface area contributed by atoms with Crippen molar-refractivity contribution in [3.8, 4) is 20.9 Å². The Morgan fingerprint density at radius 3 is 1.63 bits per heavy atom. The van der Waals surface area contributed by atoms with Gasteiger partial charge in [0, 0.05) is 50.3 Å². The summed E-state index contributed by atoms with van der Waals surface area (Å²) < 4.78 is 95.3. The largest absolute Gasteiger partial charge is 0.380 e. The Kier molecular flexibility index (Phi) is 8.31. The molecule has 0 saturated heterocycles. The molecular formula is C42H28F6S6. The maximum atomic E-state index is 16.7. The molecule has 2 aliphatic heterocycles. The van der Waals surface area contributed by atoms with Crippen molar-refractivity contribution in [2.45, 2.75) is 57.8 Å². The Morgan fingerprint density at radius 1 is 0.500 bits per heavy atom. The highest BCUT2D eigenvalue weighted by molar-refractivity contribution is 8.14. The molecule has 0 radical (unpaired) electrons. The zero-order chi connectivity index (χ0) is 38.2. The number of hydrogen-bond donors (Lipinski definition) is 2. The molecule has 12 heteroatoms. The van der Waals surface area contributed by atoms with E-state index in [1.165, 1.54) is 46.2 Å². The van der Waals surface area contributed by atoms with Gasteiger partial charge in [0.1, 0.15) is 0 Å². The minimum absolute atomic E-state index is 0.154. The van der Waals surface area contributed by atoms with Crippen LogP contribution in [-0.2, 0) is 4.75 Å². The highest BCUT2D eigenvalue weighted by Crippen LogP contribution is 2.80. The van der Waals surface area contributed by atoms with Crippen molar-refractivity contribution in [3.63, 3.8) is 0 Å². The van der Waals surface area contributed by atoms with E-state index in [9.17, 15) is 0 Å². The fraction of sp³-hybridized carbons (Fsp3) is 0.190. The average Bonchev–Trinajstić information content (AvgIpc) is 3.94. The highest BCUT2D eigenvalue weighted by atomic mass is 32.2. The van der Waals surface area contributed by atoms with Crippen LogP contribution in [0.1, 0.15) is 36.1 Å². The first-order valence-corrected chi connectivity index (χ1v) is 21.0. The summed E-state index contributed by atoms with van der Waals surface area (Å²) in [7, 11) is 0. The maximum Gasteiger partial charge on any atom is 0.380 e. The van der Waals surface area contributed by atoms with Crippen LogP contribution in [0.2, 0.25) is 0 Å². The Bertz CT molecular complexity index is 2550. The van der Waals surface area contributed by atoms with Gasteiger partial charge in [0.15, 0.2) is 0 Å². The van der Waals surface area contributed by atoms with E-state index < -0.39 is 38.4 Å². The first-order valence-electron chi connectivity index (χ1n) is 16.8. The minimum atomic E-state index is -5.67. The zero-order valence-electron chi connectivity index (χ0n) is 28.6. The summed E-state index contributed by atoms with van der Waals surface area (Å²) in [6.07, 6.45) is 0. The van der Waals surface area contributed by atoms with Gasteiger partial charge in [-0.05, 0) is 108 Å². The molecule has 2 atom stereocenters. The number of rotatable bonds is 5. The lowest BCUT2D eigenvalue weighted by Crippen LogP contribution is -2.49. The predicted octanol–water partition coefficient (Wildman–Crippen LogP) is 14.6. The second kappa shape index (κ2) is 12.2. The fourth-order valence-electron chi connectivity index (χ4n) is 8.35. The fourth-order valence-corrected chi connectivity index (χ4v) is 15.0. The molecule has 2 aromatic heterocycles. The molecule has 9 rings (SSSR count). The van der Waals surface area contributed by atoms with E-state index in [-0.39, 0.29) is 16.7 Å². The van der Waals surface area contributed by atoms with Crippen molar-refractivity contribution in [3.05, 3.63) is 152 Å². The van der Waals surface area contributed by atoms with Crippen molar-refractivity contribution in [2.24, 2.45) is 0 Å². The Morgan fingerprint density at radius 2 is 1.02 bits per heavy atom. The van der Waals surface area contributed by atoms with Gasteiger partial charge in [-0.3, -0.25) is 0 Å². The summed E-state index contributed by atoms with van der Waals surface area (Å²) in [5, 5.41) is 0. The first kappa shape index (κ1) is 36.6. The molecule has 5 aromatic rings. The van der Waals surface area contributed by atoms with Gasteiger partial charge >= 0.3 is 17.8 Å². The van der Waals surface area contributed by atoms with Crippen molar-refractivity contribution in [1.29, 1.82) is 0 Å². The second-order valence-corrected chi connectivity index (χ2v) is 19.7. The van der Waals surface area contributed by atoms with Crippen molar-refractivity contribution < 1.29 is 26.3 Å². The molecule has 0 unspecified atom stereocenters. The molecule has 4 aliphatic rings. The number of benzene rings is 3. The lowest BCUT2D eigenvalue weighted by atomic mass is 9.66. The van der Waals surface area contributed by atoms with Gasteiger partial charge in [-0.25, -0.2) is 0 Å². The van der Waals surface area contributed by atoms with Crippen molar-refractivity contribution in [1.82, 2.24) is 0 Å². The third kappa shape index (κ3) is 4.76. The van der Waals surface area contributed by atoms with Crippen LogP contribution in [0.3, 0.4) is 0 Å². The first-order chi connectivity index (χ1) is 25.5. The summed E-state index contributed by atoms with van der Waals surface area (Å²) in [5.74, 6) is -16.0. The van der Waals surface area contributed by atoms with Crippen molar-refractivity contribution >= 4 is 81.3 Å². The number of alkyl halides is 6. The standard InChI is InChI=1S/C42H28F6S6/c1-21-32-34-35(41(45,46)42(47,48)40(34,43)44)33-22(2)37(30-16-15-28(51-30)24-11-7-13-26(49)19-24)54-39(33,38(32,3)53-36(21)23-9-5-4-6-10-23)31-18-17-29(52-31)25-12-8-14-27(50)20-25/h4-20,49-50H,1-3H3/t38-,39-/m1/s1. The van der Waals surface area contributed by atoms with Crippen LogP contribution in [-0.4, -0.2) is 22.5 Å². The molecule has 1 saturated carbocycles. The summed E-state index contributed by atoms with van der Waals surface area (Å²) in [6, 6.07) is 31.8. The molecular weight excluding hydrogens is 811 g/mol. The number of thiophene rings is 2. The van der Waals surface area contributed by atoms with Gasteiger partial charge in [-0.15, -0.1) is 71.5 Å². The number of allylic oxidation sites excluding steroid dienone is 4. The van der Waals surface area contributed by atoms with E-state index in [0.717, 1.165) is 35.5 Å². The summed E-state index contributed by atoms with van der Waals surface area (Å²) >= 11 is 14.4. The van der Waals surface area contributed by atoms with Crippen LogP contribution in [0.4, 0.5) is 26.3 Å². The van der Waals surface area contributed by atoms with E-state index in [1.807, 2.05) is 103 Å². The third-order valence-electron chi connectivity index (χ3n) is 10.7. The molecule has 0 N–H and O–H groups in total. The number of fused-ring (bicyclic) bond motifs is 4. The van der Waals surface area contributed by atoms with Crippen LogP contribution < -0.4 is 0 Å². The molecule has 274 valence electrons. The third-order valence-corrected chi connectivity index (χ3v) is 17.6. The molecule has 0 bridgehead atoms. The Balaban J connectivity index is 1.37. The SMILES string of the molecule is CC1=C(c2ccccc2)S[C@]2(C)C1=C1C(=C3C(C)=C(c4ccc(-c5cccc(S)c5)s4)S[C@]32c2ccc(-c3cccc(S)c3)s2)C(F)(F)C(F)(F)C1(F)F. The smallest absolute Gasteiger partial charge is 0.194 e. The normalized spacial score (nSPS) is 25.1. The molecule has 0 spiro atoms. The highest BCUT2D eigenvalue weighted by Gasteiger charge is 2.85. The quantitative estimate of drug-likeness (QED) is 0.134. The van der Waals surface area contributed by atoms with Gasteiger partial charge in [0.2, 0.25) is 0 Å². The van der Waals surface area contributed by atoms with Crippen molar-refractivity contribution in [2.75, 3.05) is 0 Å². The van der Waals surface area contributed by atoms with Crippen LogP contribution in [0, 0.1) is 0 Å². The number of halogens is 6. The second-order valence-electron chi connectivity index (χ2n) is 13.8. The topological polar surface area (TPSA) is 0 Å². The molecule has 54 heavy (non-hydrogen) atoms. The molecule has 0 nitrogen and oxygen atoms in total. The Labute approximate surface area is 336 Å². The van der Waals surface area contributed by atoms with Crippen LogP contribution >= 0.6 is 71.5 Å². The molecule has 3 aromatic carbocycles. The molecule has 2 aliphatic carbocycles. The average molecular weight is 839 g/mol. The zero-order valence-corrected chi connectivity index (χ0v) is 33.7. The maximum absolute atomic E-state index is 16.7. The number of thioether (sulfide) groups is 2. The molecule has 0 amide bonds. The lowest BCUT2D eigenvalue weighted by Gasteiger charge is -2.49. The monoisotopic (exact) mass is 838 g/mol. The van der Waals surface area contributed by atoms with Gasteiger partial charge in [-0.1, -0.05) is 54.6 Å². The molecule has 4 heterocycles. The van der Waals surface area contributed by atoms with Gasteiger partial charge in [0.05, 0.1) is 9.49 Å². The van der Waals surface area contributed by atoms with Gasteiger partial charge in [-0.2, -0.15) is 26.3 Å². The van der Waals surface area contributed by atoms with E-state index in [0.29, 0.717) is 25.8 Å². The van der Waals surface area contributed by atoms with Crippen LogP contribution in [0.15, 0.2) is 146 Å². The summed E-state index contributed by atoms with van der Waals surface area (Å²) in [6.45, 7) is 4.99. The summed E-state index contributed by atoms with van der Waals surface area (Å²) in [4.78, 5) is 5.69. The lowest BCUT2D eigenvalue weighted by molar-refractivity contribution is -0.258. The summed E-state index contributed by atoms with van der Waals surface area (Å²) in [5.41, 5.74) is 0.197.